The molecule has 0 aliphatic carbocycles. The molecule has 1 atom stereocenters. The minimum absolute atomic E-state index is 0.234. The second-order valence-corrected chi connectivity index (χ2v) is 4.55. The van der Waals surface area contributed by atoms with E-state index in [4.69, 9.17) is 15.2 Å². The predicted octanol–water partition coefficient (Wildman–Crippen LogP) is 2.68. The third-order valence-electron chi connectivity index (χ3n) is 2.90. The van der Waals surface area contributed by atoms with Crippen molar-refractivity contribution in [3.8, 4) is 11.5 Å². The van der Waals surface area contributed by atoms with Crippen molar-refractivity contribution >= 4 is 17.3 Å². The molecule has 0 aliphatic rings. The number of nitrogen functional groups attached to an aromatic ring is 1. The van der Waals surface area contributed by atoms with Gasteiger partial charge in [0.2, 0.25) is 0 Å². The van der Waals surface area contributed by atoms with E-state index in [1.165, 1.54) is 0 Å². The SMILES string of the molecule is COc1ccc(NC(=O)C(C)Oc2cccc(N)c2)cc1. The van der Waals surface area contributed by atoms with Gasteiger partial charge in [-0.25, -0.2) is 0 Å². The molecule has 0 fully saturated rings. The molecule has 0 spiro atoms. The fourth-order valence-corrected chi connectivity index (χ4v) is 1.76. The molecule has 0 aromatic heterocycles. The molecule has 21 heavy (non-hydrogen) atoms. The van der Waals surface area contributed by atoms with Crippen molar-refractivity contribution in [3.05, 3.63) is 48.5 Å². The lowest BCUT2D eigenvalue weighted by Crippen LogP contribution is -2.30. The van der Waals surface area contributed by atoms with E-state index in [1.54, 1.807) is 62.6 Å². The fourth-order valence-electron chi connectivity index (χ4n) is 1.76. The van der Waals surface area contributed by atoms with E-state index in [0.29, 0.717) is 17.1 Å². The minimum Gasteiger partial charge on any atom is -0.497 e. The summed E-state index contributed by atoms with van der Waals surface area (Å²) in [6, 6.07) is 14.1. The van der Waals surface area contributed by atoms with Gasteiger partial charge in [-0.2, -0.15) is 0 Å². The van der Waals surface area contributed by atoms with Gasteiger partial charge >= 0.3 is 0 Å². The number of hydrogen-bond acceptors (Lipinski definition) is 4. The summed E-state index contributed by atoms with van der Waals surface area (Å²) in [5.74, 6) is 1.06. The molecule has 0 heterocycles. The molecule has 2 rings (SSSR count). The van der Waals surface area contributed by atoms with Gasteiger partial charge in [-0.15, -0.1) is 0 Å². The molecule has 0 radical (unpaired) electrons. The van der Waals surface area contributed by atoms with Crippen molar-refractivity contribution in [1.82, 2.24) is 0 Å². The monoisotopic (exact) mass is 286 g/mol. The van der Waals surface area contributed by atoms with Gasteiger partial charge in [0.25, 0.3) is 5.91 Å². The van der Waals surface area contributed by atoms with E-state index >= 15 is 0 Å². The van der Waals surface area contributed by atoms with Crippen LogP contribution in [0, 0.1) is 0 Å². The summed E-state index contributed by atoms with van der Waals surface area (Å²) in [6.45, 7) is 1.68. The standard InChI is InChI=1S/C16H18N2O3/c1-11(21-15-5-3-4-12(17)10-15)16(19)18-13-6-8-14(20-2)9-7-13/h3-11H,17H2,1-2H3,(H,18,19). The first-order chi connectivity index (χ1) is 10.1. The Labute approximate surface area is 123 Å². The fraction of sp³-hybridized carbons (Fsp3) is 0.188. The number of rotatable bonds is 5. The first kappa shape index (κ1) is 14.7. The van der Waals surface area contributed by atoms with Crippen LogP contribution in [0.15, 0.2) is 48.5 Å². The van der Waals surface area contributed by atoms with Crippen molar-refractivity contribution in [2.75, 3.05) is 18.2 Å². The maximum atomic E-state index is 12.1. The molecule has 0 bridgehead atoms. The second-order valence-electron chi connectivity index (χ2n) is 4.55. The number of nitrogens with one attached hydrogen (secondary N) is 1. The highest BCUT2D eigenvalue weighted by Crippen LogP contribution is 2.18. The van der Waals surface area contributed by atoms with Crippen molar-refractivity contribution in [2.24, 2.45) is 0 Å². The molecule has 0 aliphatic heterocycles. The predicted molar refractivity (Wildman–Crippen MR) is 82.6 cm³/mol. The Bertz CT molecular complexity index is 611. The normalized spacial score (nSPS) is 11.5. The van der Waals surface area contributed by atoms with E-state index < -0.39 is 6.10 Å². The van der Waals surface area contributed by atoms with Crippen LogP contribution in [-0.4, -0.2) is 19.1 Å². The van der Waals surface area contributed by atoms with Crippen molar-refractivity contribution in [3.63, 3.8) is 0 Å². The zero-order valence-corrected chi connectivity index (χ0v) is 12.0. The van der Waals surface area contributed by atoms with Crippen molar-refractivity contribution in [2.45, 2.75) is 13.0 Å². The zero-order chi connectivity index (χ0) is 15.2. The summed E-state index contributed by atoms with van der Waals surface area (Å²) >= 11 is 0. The Morgan fingerprint density at radius 2 is 1.86 bits per heavy atom. The molecule has 5 nitrogen and oxygen atoms in total. The maximum absolute atomic E-state index is 12.1. The summed E-state index contributed by atoms with van der Waals surface area (Å²) in [5, 5.41) is 2.78. The lowest BCUT2D eigenvalue weighted by molar-refractivity contribution is -0.122. The highest BCUT2D eigenvalue weighted by molar-refractivity contribution is 5.94. The van der Waals surface area contributed by atoms with Gasteiger partial charge < -0.3 is 20.5 Å². The van der Waals surface area contributed by atoms with Gasteiger partial charge in [-0.05, 0) is 43.3 Å². The number of amides is 1. The van der Waals surface area contributed by atoms with Gasteiger partial charge in [0.15, 0.2) is 6.10 Å². The van der Waals surface area contributed by atoms with Crippen LogP contribution in [0.2, 0.25) is 0 Å². The van der Waals surface area contributed by atoms with Gasteiger partial charge in [-0.1, -0.05) is 6.07 Å². The van der Waals surface area contributed by atoms with Crippen LogP contribution >= 0.6 is 0 Å². The topological polar surface area (TPSA) is 73.6 Å². The number of carbonyl (C=O) groups excluding carboxylic acids is 1. The minimum atomic E-state index is -0.631. The Kier molecular flexibility index (Phi) is 4.66. The Balaban J connectivity index is 1.95. The largest absolute Gasteiger partial charge is 0.497 e. The van der Waals surface area contributed by atoms with Crippen LogP contribution in [-0.2, 0) is 4.79 Å². The average Bonchev–Trinajstić information content (AvgIpc) is 2.48. The first-order valence-electron chi connectivity index (χ1n) is 6.55. The summed E-state index contributed by atoms with van der Waals surface area (Å²) in [7, 11) is 1.59. The molecule has 0 saturated heterocycles. The molecule has 2 aromatic carbocycles. The summed E-state index contributed by atoms with van der Waals surface area (Å²) in [4.78, 5) is 12.1. The summed E-state index contributed by atoms with van der Waals surface area (Å²) < 4.78 is 10.6. The Hall–Kier alpha value is -2.69. The van der Waals surface area contributed by atoms with E-state index in [1.807, 2.05) is 0 Å². The lowest BCUT2D eigenvalue weighted by Gasteiger charge is -2.15. The number of nitrogens with two attached hydrogens (primary N) is 1. The van der Waals surface area contributed by atoms with Gasteiger partial charge in [0.05, 0.1) is 7.11 Å². The molecule has 5 heteroatoms. The average molecular weight is 286 g/mol. The van der Waals surface area contributed by atoms with Gasteiger partial charge in [-0.3, -0.25) is 4.79 Å². The van der Waals surface area contributed by atoms with Gasteiger partial charge in [0.1, 0.15) is 11.5 Å². The first-order valence-corrected chi connectivity index (χ1v) is 6.55. The Morgan fingerprint density at radius 3 is 2.48 bits per heavy atom. The molecule has 0 saturated carbocycles. The van der Waals surface area contributed by atoms with Crippen LogP contribution in [0.25, 0.3) is 0 Å². The van der Waals surface area contributed by atoms with Crippen molar-refractivity contribution in [1.29, 1.82) is 0 Å². The molecule has 110 valence electrons. The second kappa shape index (κ2) is 6.65. The number of methoxy groups -OCH3 is 1. The maximum Gasteiger partial charge on any atom is 0.265 e. The number of hydrogen-bond donors (Lipinski definition) is 2. The number of benzene rings is 2. The molecular weight excluding hydrogens is 268 g/mol. The molecule has 1 unspecified atom stereocenters. The van der Waals surface area contributed by atoms with E-state index in [-0.39, 0.29) is 5.91 Å². The van der Waals surface area contributed by atoms with Gasteiger partial charge in [0, 0.05) is 17.4 Å². The van der Waals surface area contributed by atoms with Crippen LogP contribution in [0.3, 0.4) is 0 Å². The molecular formula is C16H18N2O3. The Morgan fingerprint density at radius 1 is 1.14 bits per heavy atom. The molecule has 2 aromatic rings. The van der Waals surface area contributed by atoms with Crippen LogP contribution in [0.4, 0.5) is 11.4 Å². The quantitative estimate of drug-likeness (QED) is 0.829. The van der Waals surface area contributed by atoms with E-state index in [0.717, 1.165) is 5.75 Å². The summed E-state index contributed by atoms with van der Waals surface area (Å²) in [6.07, 6.45) is -0.631. The smallest absolute Gasteiger partial charge is 0.265 e. The molecule has 1 amide bonds. The van der Waals surface area contributed by atoms with Crippen LogP contribution in [0.1, 0.15) is 6.92 Å². The highest BCUT2D eigenvalue weighted by Gasteiger charge is 2.14. The highest BCUT2D eigenvalue weighted by atomic mass is 16.5. The van der Waals surface area contributed by atoms with Crippen molar-refractivity contribution < 1.29 is 14.3 Å². The van der Waals surface area contributed by atoms with Crippen LogP contribution in [0.5, 0.6) is 11.5 Å². The molecule has 3 N–H and O–H groups in total. The number of anilines is 2. The zero-order valence-electron chi connectivity index (χ0n) is 12.0. The number of ether oxygens (including phenoxy) is 2. The van der Waals surface area contributed by atoms with E-state index in [2.05, 4.69) is 5.32 Å². The van der Waals surface area contributed by atoms with Crippen LogP contribution < -0.4 is 20.5 Å². The van der Waals surface area contributed by atoms with E-state index in [9.17, 15) is 4.79 Å². The third-order valence-corrected chi connectivity index (χ3v) is 2.90. The third kappa shape index (κ3) is 4.14. The number of carbonyl (C=O) groups is 1. The summed E-state index contributed by atoms with van der Waals surface area (Å²) in [5.41, 5.74) is 6.95. The lowest BCUT2D eigenvalue weighted by atomic mass is 10.2.